The van der Waals surface area contributed by atoms with Crippen LogP contribution in [0.25, 0.3) is 0 Å². The fourth-order valence-electron chi connectivity index (χ4n) is 3.36. The molecule has 3 rings (SSSR count). The van der Waals surface area contributed by atoms with E-state index in [1.165, 1.54) is 18.2 Å². The van der Waals surface area contributed by atoms with E-state index in [9.17, 15) is 26.7 Å². The van der Waals surface area contributed by atoms with E-state index in [0.29, 0.717) is 6.42 Å². The Labute approximate surface area is 147 Å². The topological polar surface area (TPSA) is 29.1 Å². The summed E-state index contributed by atoms with van der Waals surface area (Å²) in [5.74, 6) is -2.29. The van der Waals surface area contributed by atoms with Crippen molar-refractivity contribution in [3.63, 3.8) is 0 Å². The molecule has 7 heteroatoms. The maximum Gasteiger partial charge on any atom is 0.417 e. The summed E-state index contributed by atoms with van der Waals surface area (Å²) in [6.07, 6.45) is -4.10. The number of alkyl halides is 3. The summed E-state index contributed by atoms with van der Waals surface area (Å²) in [5, 5.41) is 2.49. The predicted molar refractivity (Wildman–Crippen MR) is 85.6 cm³/mol. The minimum Gasteiger partial charge on any atom is -0.351 e. The fraction of sp³-hybridized carbons (Fsp3) is 0.316. The van der Waals surface area contributed by atoms with Gasteiger partial charge in [0.2, 0.25) is 0 Å². The van der Waals surface area contributed by atoms with Gasteiger partial charge in [-0.05, 0) is 36.1 Å². The van der Waals surface area contributed by atoms with Crippen molar-refractivity contribution >= 4 is 5.91 Å². The van der Waals surface area contributed by atoms with E-state index in [-0.39, 0.29) is 18.0 Å². The average Bonchev–Trinajstić information content (AvgIpc) is 3.22. The molecule has 0 bridgehead atoms. The molecule has 1 aliphatic rings. The van der Waals surface area contributed by atoms with E-state index in [1.54, 1.807) is 0 Å². The monoisotopic (exact) mass is 369 g/mol. The zero-order valence-electron chi connectivity index (χ0n) is 13.8. The van der Waals surface area contributed by atoms with Gasteiger partial charge in [-0.1, -0.05) is 25.1 Å². The molecule has 138 valence electrons. The van der Waals surface area contributed by atoms with Crippen LogP contribution in [-0.2, 0) is 11.6 Å². The number of amides is 1. The number of carbonyl (C=O) groups is 1. The number of halogens is 5. The van der Waals surface area contributed by atoms with Crippen molar-refractivity contribution in [2.45, 2.75) is 24.9 Å². The van der Waals surface area contributed by atoms with Crippen molar-refractivity contribution in [1.29, 1.82) is 0 Å². The Balaban J connectivity index is 1.81. The molecule has 1 N–H and O–H groups in total. The maximum absolute atomic E-state index is 14.1. The molecule has 2 unspecified atom stereocenters. The Kier molecular flexibility index (Phi) is 4.50. The molecule has 1 amide bonds. The number of benzene rings is 2. The smallest absolute Gasteiger partial charge is 0.351 e. The lowest BCUT2D eigenvalue weighted by molar-refractivity contribution is -0.137. The summed E-state index contributed by atoms with van der Waals surface area (Å²) >= 11 is 0. The Hall–Kier alpha value is -2.44. The van der Waals surface area contributed by atoms with Crippen LogP contribution in [0.5, 0.6) is 0 Å². The summed E-state index contributed by atoms with van der Waals surface area (Å²) in [5.41, 5.74) is -1.98. The molecule has 1 saturated carbocycles. The zero-order valence-corrected chi connectivity index (χ0v) is 13.8. The summed E-state index contributed by atoms with van der Waals surface area (Å²) in [7, 11) is 0. The van der Waals surface area contributed by atoms with Gasteiger partial charge < -0.3 is 5.32 Å². The van der Waals surface area contributed by atoms with Gasteiger partial charge in [-0.25, -0.2) is 8.78 Å². The minimum atomic E-state index is -4.65. The van der Waals surface area contributed by atoms with Crippen molar-refractivity contribution in [1.82, 2.24) is 5.32 Å². The third-order valence-corrected chi connectivity index (χ3v) is 4.96. The largest absolute Gasteiger partial charge is 0.417 e. The van der Waals surface area contributed by atoms with E-state index >= 15 is 0 Å². The lowest BCUT2D eigenvalue weighted by atomic mass is 9.92. The fourth-order valence-corrected chi connectivity index (χ4v) is 3.36. The molecular weight excluding hydrogens is 353 g/mol. The summed E-state index contributed by atoms with van der Waals surface area (Å²) in [4.78, 5) is 12.3. The van der Waals surface area contributed by atoms with Gasteiger partial charge in [0, 0.05) is 18.0 Å². The first-order valence-electron chi connectivity index (χ1n) is 8.05. The molecule has 0 saturated heterocycles. The number of hydrogen-bond acceptors (Lipinski definition) is 1. The average molecular weight is 369 g/mol. The van der Waals surface area contributed by atoms with Crippen molar-refractivity contribution in [3.05, 3.63) is 70.8 Å². The van der Waals surface area contributed by atoms with Gasteiger partial charge in [0.05, 0.1) is 11.1 Å². The van der Waals surface area contributed by atoms with Gasteiger partial charge in [0.15, 0.2) is 0 Å². The Morgan fingerprint density at radius 3 is 2.42 bits per heavy atom. The highest BCUT2D eigenvalue weighted by Gasteiger charge is 2.53. The third kappa shape index (κ3) is 3.30. The molecule has 2 nitrogen and oxygen atoms in total. The van der Waals surface area contributed by atoms with Crippen LogP contribution < -0.4 is 5.32 Å². The molecule has 1 aliphatic carbocycles. The minimum absolute atomic E-state index is 0.0145. The Bertz CT molecular complexity index is 848. The zero-order chi connectivity index (χ0) is 19.1. The second-order valence-electron chi connectivity index (χ2n) is 6.61. The number of hydrogen-bond donors (Lipinski definition) is 1. The molecule has 2 aromatic rings. The second kappa shape index (κ2) is 6.37. The molecule has 0 heterocycles. The number of carbonyl (C=O) groups excluding carboxylic acids is 1. The van der Waals surface area contributed by atoms with Crippen LogP contribution in [-0.4, -0.2) is 12.5 Å². The molecule has 0 aromatic heterocycles. The van der Waals surface area contributed by atoms with Gasteiger partial charge in [-0.2, -0.15) is 13.2 Å². The van der Waals surface area contributed by atoms with Crippen LogP contribution in [0.2, 0.25) is 0 Å². The van der Waals surface area contributed by atoms with Crippen LogP contribution in [0.3, 0.4) is 0 Å². The molecule has 0 spiro atoms. The van der Waals surface area contributed by atoms with Crippen LogP contribution in [0, 0.1) is 17.6 Å². The molecule has 26 heavy (non-hydrogen) atoms. The predicted octanol–water partition coefficient (Wildman–Crippen LogP) is 4.69. The molecule has 1 fully saturated rings. The molecule has 0 radical (unpaired) electrons. The van der Waals surface area contributed by atoms with Crippen molar-refractivity contribution in [2.75, 3.05) is 6.54 Å². The standard InChI is InChI=1S/C19H16F5NO/c1-11-9-18(11,15-7-6-12(20)8-16(15)21)10-25-17(26)13-4-2-3-5-14(13)19(22,23)24/h2-8,11H,9-10H2,1H3,(H,25,26). The van der Waals surface area contributed by atoms with Crippen LogP contribution in [0.15, 0.2) is 42.5 Å². The van der Waals surface area contributed by atoms with Gasteiger partial charge in [-0.3, -0.25) is 4.79 Å². The number of rotatable bonds is 4. The van der Waals surface area contributed by atoms with Crippen molar-refractivity contribution in [3.8, 4) is 0 Å². The highest BCUT2D eigenvalue weighted by Crippen LogP contribution is 2.54. The maximum atomic E-state index is 14.1. The second-order valence-corrected chi connectivity index (χ2v) is 6.61. The van der Waals surface area contributed by atoms with E-state index in [4.69, 9.17) is 0 Å². The highest BCUT2D eigenvalue weighted by atomic mass is 19.4. The quantitative estimate of drug-likeness (QED) is 0.779. The summed E-state index contributed by atoms with van der Waals surface area (Å²) in [6, 6.07) is 7.71. The molecule has 0 aliphatic heterocycles. The Morgan fingerprint density at radius 2 is 1.85 bits per heavy atom. The Morgan fingerprint density at radius 1 is 1.19 bits per heavy atom. The first-order valence-corrected chi connectivity index (χ1v) is 8.05. The molecular formula is C19H16F5NO. The van der Waals surface area contributed by atoms with Gasteiger partial charge in [0.1, 0.15) is 11.6 Å². The van der Waals surface area contributed by atoms with Gasteiger partial charge in [0.25, 0.3) is 5.91 Å². The normalized spacial score (nSPS) is 22.2. The SMILES string of the molecule is CC1CC1(CNC(=O)c1ccccc1C(F)(F)F)c1ccc(F)cc1F. The first-order chi connectivity index (χ1) is 12.1. The van der Waals surface area contributed by atoms with E-state index in [0.717, 1.165) is 24.3 Å². The highest BCUT2D eigenvalue weighted by molar-refractivity contribution is 5.96. The molecule has 2 aromatic carbocycles. The first kappa shape index (κ1) is 18.4. The van der Waals surface area contributed by atoms with Crippen molar-refractivity contribution < 1.29 is 26.7 Å². The van der Waals surface area contributed by atoms with Crippen LogP contribution >= 0.6 is 0 Å². The van der Waals surface area contributed by atoms with Crippen molar-refractivity contribution in [2.24, 2.45) is 5.92 Å². The number of nitrogens with one attached hydrogen (secondary N) is 1. The van der Waals surface area contributed by atoms with E-state index in [1.807, 2.05) is 6.92 Å². The summed E-state index contributed by atoms with van der Waals surface area (Å²) in [6.45, 7) is 1.82. The summed E-state index contributed by atoms with van der Waals surface area (Å²) < 4.78 is 66.4. The van der Waals surface area contributed by atoms with Gasteiger partial charge >= 0.3 is 6.18 Å². The lowest BCUT2D eigenvalue weighted by Crippen LogP contribution is -2.34. The lowest BCUT2D eigenvalue weighted by Gasteiger charge is -2.20. The third-order valence-electron chi connectivity index (χ3n) is 4.96. The van der Waals surface area contributed by atoms with Gasteiger partial charge in [-0.15, -0.1) is 0 Å². The van der Waals surface area contributed by atoms with Crippen LogP contribution in [0.4, 0.5) is 22.0 Å². The molecule has 2 atom stereocenters. The van der Waals surface area contributed by atoms with E-state index < -0.39 is 40.3 Å². The van der Waals surface area contributed by atoms with E-state index in [2.05, 4.69) is 5.32 Å². The van der Waals surface area contributed by atoms with Crippen LogP contribution in [0.1, 0.15) is 34.8 Å².